The fraction of sp³-hybridized carbons (Fsp3) is 0.304. The molecule has 0 atom stereocenters. The van der Waals surface area contributed by atoms with Gasteiger partial charge in [0.25, 0.3) is 5.56 Å². The summed E-state index contributed by atoms with van der Waals surface area (Å²) in [6.45, 7) is 1.77. The molecule has 1 N–H and O–H groups in total. The zero-order valence-corrected chi connectivity index (χ0v) is 16.6. The Balaban J connectivity index is 1.20. The molecule has 1 amide bonds. The number of piperidine rings is 1. The number of nitrogens with one attached hydrogen (secondary N) is 1. The van der Waals surface area contributed by atoms with Crippen LogP contribution in [0.4, 0.5) is 0 Å². The number of aromatic nitrogens is 4. The summed E-state index contributed by atoms with van der Waals surface area (Å²) in [7, 11) is 0. The lowest BCUT2D eigenvalue weighted by Crippen LogP contribution is -2.38. The maximum Gasteiger partial charge on any atom is 0.261 e. The van der Waals surface area contributed by atoms with E-state index in [1.165, 1.54) is 10.9 Å². The third-order valence-corrected chi connectivity index (χ3v) is 5.94. The number of fused-ring (bicyclic) bond motifs is 2. The maximum atomic E-state index is 12.7. The summed E-state index contributed by atoms with van der Waals surface area (Å²) in [5.41, 5.74) is 2.62. The van der Waals surface area contributed by atoms with Crippen molar-refractivity contribution in [1.29, 1.82) is 0 Å². The predicted octanol–water partition coefficient (Wildman–Crippen LogP) is 3.07. The van der Waals surface area contributed by atoms with Gasteiger partial charge in [-0.1, -0.05) is 24.3 Å². The van der Waals surface area contributed by atoms with Crippen LogP contribution in [0.15, 0.2) is 59.7 Å². The van der Waals surface area contributed by atoms with Crippen molar-refractivity contribution in [3.63, 3.8) is 0 Å². The molecule has 2 aromatic carbocycles. The number of nitrogens with zero attached hydrogens (tertiary/aromatic N) is 4. The molecule has 3 heterocycles. The van der Waals surface area contributed by atoms with E-state index < -0.39 is 0 Å². The summed E-state index contributed by atoms with van der Waals surface area (Å²) >= 11 is 0. The Labute approximate surface area is 173 Å². The van der Waals surface area contributed by atoms with Gasteiger partial charge in [0, 0.05) is 32.0 Å². The van der Waals surface area contributed by atoms with E-state index in [4.69, 9.17) is 4.98 Å². The molecule has 1 fully saturated rings. The number of amides is 1. The number of H-pyrrole nitrogens is 1. The van der Waals surface area contributed by atoms with Crippen molar-refractivity contribution in [3.8, 4) is 0 Å². The average Bonchev–Trinajstić information content (AvgIpc) is 3.23. The van der Waals surface area contributed by atoms with E-state index in [1.807, 2.05) is 47.4 Å². The summed E-state index contributed by atoms with van der Waals surface area (Å²) in [6.07, 6.45) is 3.62. The van der Waals surface area contributed by atoms with Gasteiger partial charge in [0.1, 0.15) is 5.82 Å². The van der Waals surface area contributed by atoms with Crippen LogP contribution in [0.5, 0.6) is 0 Å². The monoisotopic (exact) mass is 401 g/mol. The third kappa shape index (κ3) is 3.47. The van der Waals surface area contributed by atoms with Gasteiger partial charge in [-0.15, -0.1) is 0 Å². The van der Waals surface area contributed by atoms with Gasteiger partial charge in [-0.25, -0.2) is 9.97 Å². The number of benzene rings is 2. The number of likely N-dealkylation sites (tertiary alicyclic amines) is 1. The minimum Gasteiger partial charge on any atom is -0.343 e. The molecule has 2 aromatic heterocycles. The van der Waals surface area contributed by atoms with E-state index >= 15 is 0 Å². The van der Waals surface area contributed by atoms with Gasteiger partial charge in [-0.3, -0.25) is 14.2 Å². The molecule has 0 aliphatic carbocycles. The van der Waals surface area contributed by atoms with Gasteiger partial charge in [-0.05, 0) is 37.1 Å². The number of hydrogen-bond acceptors (Lipinski definition) is 4. The van der Waals surface area contributed by atoms with Crippen molar-refractivity contribution in [2.75, 3.05) is 13.1 Å². The molecule has 152 valence electrons. The van der Waals surface area contributed by atoms with Crippen LogP contribution in [0.3, 0.4) is 0 Å². The number of carbonyl (C=O) groups excluding carboxylic acids is 1. The molecule has 1 aliphatic rings. The predicted molar refractivity (Wildman–Crippen MR) is 115 cm³/mol. The number of rotatable bonds is 4. The molecule has 4 aromatic rings. The van der Waals surface area contributed by atoms with Gasteiger partial charge >= 0.3 is 0 Å². The van der Waals surface area contributed by atoms with Crippen LogP contribution in [0, 0.1) is 0 Å². The first-order valence-electron chi connectivity index (χ1n) is 10.4. The number of hydrogen-bond donors (Lipinski definition) is 1. The smallest absolute Gasteiger partial charge is 0.261 e. The van der Waals surface area contributed by atoms with Gasteiger partial charge in [0.05, 0.1) is 28.3 Å². The van der Waals surface area contributed by atoms with Crippen LogP contribution in [0.25, 0.3) is 21.9 Å². The van der Waals surface area contributed by atoms with E-state index in [0.717, 1.165) is 29.7 Å². The number of carbonyl (C=O) groups is 1. The maximum absolute atomic E-state index is 12.7. The summed E-state index contributed by atoms with van der Waals surface area (Å²) < 4.78 is 1.53. The topological polar surface area (TPSA) is 83.9 Å². The van der Waals surface area contributed by atoms with Crippen LogP contribution in [0.2, 0.25) is 0 Å². The fourth-order valence-corrected chi connectivity index (χ4v) is 4.21. The van der Waals surface area contributed by atoms with Crippen LogP contribution >= 0.6 is 0 Å². The highest BCUT2D eigenvalue weighted by atomic mass is 16.2. The molecule has 0 bridgehead atoms. The van der Waals surface area contributed by atoms with Crippen molar-refractivity contribution < 1.29 is 4.79 Å². The molecular weight excluding hydrogens is 378 g/mol. The highest BCUT2D eigenvalue weighted by Gasteiger charge is 2.25. The van der Waals surface area contributed by atoms with Gasteiger partial charge in [0.2, 0.25) is 5.91 Å². The van der Waals surface area contributed by atoms with Crippen LogP contribution in [-0.4, -0.2) is 43.4 Å². The van der Waals surface area contributed by atoms with Gasteiger partial charge < -0.3 is 9.88 Å². The third-order valence-electron chi connectivity index (χ3n) is 5.94. The van der Waals surface area contributed by atoms with Crippen LogP contribution in [0.1, 0.15) is 31.0 Å². The Morgan fingerprint density at radius 2 is 1.77 bits per heavy atom. The van der Waals surface area contributed by atoms with E-state index in [2.05, 4.69) is 9.97 Å². The second-order valence-electron chi connectivity index (χ2n) is 7.80. The average molecular weight is 401 g/mol. The standard InChI is InChI=1S/C23H23N5O2/c29-21(11-14-28-15-24-18-6-2-1-5-17(18)23(28)30)27-12-9-16(10-13-27)22-25-19-7-3-4-8-20(19)26-22/h1-8,15-16H,9-14H2,(H,25,26). The van der Waals surface area contributed by atoms with Crippen molar-refractivity contribution in [2.24, 2.45) is 0 Å². The molecule has 30 heavy (non-hydrogen) atoms. The lowest BCUT2D eigenvalue weighted by atomic mass is 9.96. The lowest BCUT2D eigenvalue weighted by molar-refractivity contribution is -0.132. The Hall–Kier alpha value is -3.48. The summed E-state index contributed by atoms with van der Waals surface area (Å²) in [4.78, 5) is 39.6. The molecule has 0 unspecified atom stereocenters. The first-order valence-corrected chi connectivity index (χ1v) is 10.4. The van der Waals surface area contributed by atoms with Crippen molar-refractivity contribution in [3.05, 3.63) is 71.0 Å². The van der Waals surface area contributed by atoms with Crippen molar-refractivity contribution in [2.45, 2.75) is 31.7 Å². The zero-order valence-electron chi connectivity index (χ0n) is 16.6. The van der Waals surface area contributed by atoms with Crippen LogP contribution < -0.4 is 5.56 Å². The minimum absolute atomic E-state index is 0.0816. The van der Waals surface area contributed by atoms with E-state index in [0.29, 0.717) is 42.9 Å². The summed E-state index contributed by atoms with van der Waals surface area (Å²) in [5, 5.41) is 0.582. The number of aromatic amines is 1. The number of aryl methyl sites for hydroxylation is 1. The molecule has 0 saturated carbocycles. The minimum atomic E-state index is -0.100. The van der Waals surface area contributed by atoms with Gasteiger partial charge in [0.15, 0.2) is 0 Å². The molecule has 1 aliphatic heterocycles. The molecule has 0 radical (unpaired) electrons. The number of imidazole rings is 1. The molecule has 7 heteroatoms. The molecule has 0 spiro atoms. The Kier molecular flexibility index (Phi) is 4.78. The van der Waals surface area contributed by atoms with E-state index in [-0.39, 0.29) is 11.5 Å². The molecule has 7 nitrogen and oxygen atoms in total. The van der Waals surface area contributed by atoms with E-state index in [9.17, 15) is 9.59 Å². The second-order valence-corrected chi connectivity index (χ2v) is 7.80. The molecule has 1 saturated heterocycles. The number of para-hydroxylation sites is 3. The quantitative estimate of drug-likeness (QED) is 0.570. The SMILES string of the molecule is O=C(CCn1cnc2ccccc2c1=O)N1CCC(c2nc3ccccc3[nH]2)CC1. The summed E-state index contributed by atoms with van der Waals surface area (Å²) in [5.74, 6) is 1.43. The molecular formula is C23H23N5O2. The van der Waals surface area contributed by atoms with Crippen LogP contribution in [-0.2, 0) is 11.3 Å². The Bertz CT molecular complexity index is 1230. The van der Waals surface area contributed by atoms with Gasteiger partial charge in [-0.2, -0.15) is 0 Å². The summed E-state index contributed by atoms with van der Waals surface area (Å²) in [6, 6.07) is 15.3. The molecule has 5 rings (SSSR count). The highest BCUT2D eigenvalue weighted by molar-refractivity contribution is 5.78. The van der Waals surface area contributed by atoms with E-state index in [1.54, 1.807) is 6.07 Å². The first-order chi connectivity index (χ1) is 14.7. The first kappa shape index (κ1) is 18.5. The Morgan fingerprint density at radius 3 is 2.57 bits per heavy atom. The Morgan fingerprint density at radius 1 is 1.03 bits per heavy atom. The lowest BCUT2D eigenvalue weighted by Gasteiger charge is -2.31. The van der Waals surface area contributed by atoms with Crippen molar-refractivity contribution >= 4 is 27.8 Å². The normalized spacial score (nSPS) is 15.1. The highest BCUT2D eigenvalue weighted by Crippen LogP contribution is 2.28. The fourth-order valence-electron chi connectivity index (χ4n) is 4.21. The largest absolute Gasteiger partial charge is 0.343 e. The van der Waals surface area contributed by atoms with Crippen molar-refractivity contribution in [1.82, 2.24) is 24.4 Å². The zero-order chi connectivity index (χ0) is 20.5. The second kappa shape index (κ2) is 7.74.